The van der Waals surface area contributed by atoms with Crippen LogP contribution in [-0.2, 0) is 11.2 Å². The van der Waals surface area contributed by atoms with Crippen molar-refractivity contribution in [1.82, 2.24) is 10.6 Å². The topological polar surface area (TPSA) is 84.3 Å². The van der Waals surface area contributed by atoms with Crippen LogP contribution in [0.4, 0.5) is 5.69 Å². The second-order valence-electron chi connectivity index (χ2n) is 4.62. The van der Waals surface area contributed by atoms with E-state index in [9.17, 15) is 14.9 Å². The van der Waals surface area contributed by atoms with Crippen LogP contribution in [0.25, 0.3) is 0 Å². The normalized spacial score (nSPS) is 18.2. The van der Waals surface area contributed by atoms with Gasteiger partial charge in [-0.2, -0.15) is 0 Å². The van der Waals surface area contributed by atoms with Gasteiger partial charge in [-0.1, -0.05) is 18.2 Å². The molecule has 1 saturated heterocycles. The number of hydrogen-bond acceptors (Lipinski definition) is 4. The summed E-state index contributed by atoms with van der Waals surface area (Å²) in [6, 6.07) is 6.62. The van der Waals surface area contributed by atoms with E-state index in [0.717, 1.165) is 19.5 Å². The molecule has 1 aliphatic heterocycles. The largest absolute Gasteiger partial charge is 0.355 e. The maximum Gasteiger partial charge on any atom is 0.272 e. The number of benzene rings is 1. The minimum atomic E-state index is -0.391. The van der Waals surface area contributed by atoms with Crippen LogP contribution < -0.4 is 10.6 Å². The highest BCUT2D eigenvalue weighted by atomic mass is 16.6. The van der Waals surface area contributed by atoms with E-state index in [-0.39, 0.29) is 17.5 Å². The highest BCUT2D eigenvalue weighted by Crippen LogP contribution is 2.17. The first-order valence-corrected chi connectivity index (χ1v) is 6.39. The van der Waals surface area contributed by atoms with Crippen molar-refractivity contribution in [3.8, 4) is 0 Å². The monoisotopic (exact) mass is 263 g/mol. The molecule has 1 aliphatic rings. The molecule has 1 atom stereocenters. The summed E-state index contributed by atoms with van der Waals surface area (Å²) in [7, 11) is 0. The van der Waals surface area contributed by atoms with Gasteiger partial charge in [0.25, 0.3) is 5.69 Å². The Balaban J connectivity index is 1.85. The van der Waals surface area contributed by atoms with E-state index >= 15 is 0 Å². The summed E-state index contributed by atoms with van der Waals surface area (Å²) >= 11 is 0. The molecule has 1 unspecified atom stereocenters. The van der Waals surface area contributed by atoms with Crippen LogP contribution in [0.15, 0.2) is 24.3 Å². The zero-order valence-corrected chi connectivity index (χ0v) is 10.6. The number of para-hydroxylation sites is 1. The fourth-order valence-corrected chi connectivity index (χ4v) is 2.24. The number of nitrogens with zero attached hydrogens (tertiary/aromatic N) is 1. The molecule has 1 heterocycles. The predicted octanol–water partition coefficient (Wildman–Crippen LogP) is 0.863. The number of hydrogen-bond donors (Lipinski definition) is 2. The second kappa shape index (κ2) is 6.29. The first kappa shape index (κ1) is 13.5. The summed E-state index contributed by atoms with van der Waals surface area (Å²) in [6.45, 7) is 2.03. The van der Waals surface area contributed by atoms with E-state index < -0.39 is 4.92 Å². The van der Waals surface area contributed by atoms with Gasteiger partial charge >= 0.3 is 0 Å². The Morgan fingerprint density at radius 1 is 1.47 bits per heavy atom. The predicted molar refractivity (Wildman–Crippen MR) is 70.8 cm³/mol. The van der Waals surface area contributed by atoms with E-state index in [1.165, 1.54) is 6.07 Å². The highest BCUT2D eigenvalue weighted by molar-refractivity contribution is 5.79. The molecule has 1 aromatic carbocycles. The van der Waals surface area contributed by atoms with E-state index in [1.807, 2.05) is 0 Å². The van der Waals surface area contributed by atoms with Gasteiger partial charge in [0.2, 0.25) is 5.91 Å². The van der Waals surface area contributed by atoms with Crippen LogP contribution in [0, 0.1) is 16.0 Å². The average molecular weight is 263 g/mol. The molecule has 0 bridgehead atoms. The van der Waals surface area contributed by atoms with Gasteiger partial charge in [0.05, 0.1) is 10.8 Å². The SMILES string of the molecule is O=C(NCCc1ccccc1[N+](=O)[O-])C1CCNC1. The molecule has 0 radical (unpaired) electrons. The summed E-state index contributed by atoms with van der Waals surface area (Å²) in [5, 5.41) is 16.8. The van der Waals surface area contributed by atoms with Gasteiger partial charge < -0.3 is 10.6 Å². The summed E-state index contributed by atoms with van der Waals surface area (Å²) in [5.74, 6) is 0.0642. The maximum absolute atomic E-state index is 11.8. The molecule has 102 valence electrons. The van der Waals surface area contributed by atoms with Crippen LogP contribution in [0.1, 0.15) is 12.0 Å². The number of nitro groups is 1. The van der Waals surface area contributed by atoms with Crippen molar-refractivity contribution in [3.63, 3.8) is 0 Å². The minimum absolute atomic E-state index is 0.0311. The first-order chi connectivity index (χ1) is 9.18. The lowest BCUT2D eigenvalue weighted by Crippen LogP contribution is -2.33. The molecule has 1 amide bonds. The van der Waals surface area contributed by atoms with Gasteiger partial charge in [0, 0.05) is 24.7 Å². The third kappa shape index (κ3) is 3.51. The van der Waals surface area contributed by atoms with Crippen molar-refractivity contribution in [2.24, 2.45) is 5.92 Å². The molecule has 0 aliphatic carbocycles. The van der Waals surface area contributed by atoms with Crippen molar-refractivity contribution in [2.45, 2.75) is 12.8 Å². The van der Waals surface area contributed by atoms with E-state index in [1.54, 1.807) is 18.2 Å². The molecule has 2 N–H and O–H groups in total. The van der Waals surface area contributed by atoms with Crippen molar-refractivity contribution < 1.29 is 9.72 Å². The second-order valence-corrected chi connectivity index (χ2v) is 4.62. The fraction of sp³-hybridized carbons (Fsp3) is 0.462. The molecule has 6 nitrogen and oxygen atoms in total. The molecule has 0 spiro atoms. The highest BCUT2D eigenvalue weighted by Gasteiger charge is 2.22. The summed E-state index contributed by atoms with van der Waals surface area (Å²) in [6.07, 6.45) is 1.33. The van der Waals surface area contributed by atoms with Gasteiger partial charge in [0.1, 0.15) is 0 Å². The van der Waals surface area contributed by atoms with Crippen molar-refractivity contribution in [1.29, 1.82) is 0 Å². The Bertz CT molecular complexity index is 470. The molecule has 1 fully saturated rings. The van der Waals surface area contributed by atoms with Gasteiger partial charge in [-0.15, -0.1) is 0 Å². The molecule has 0 saturated carbocycles. The Morgan fingerprint density at radius 2 is 2.26 bits per heavy atom. The molecule has 6 heteroatoms. The summed E-state index contributed by atoms with van der Waals surface area (Å²) < 4.78 is 0. The molecular weight excluding hydrogens is 246 g/mol. The number of nitrogens with one attached hydrogen (secondary N) is 2. The van der Waals surface area contributed by atoms with Crippen LogP contribution in [0.5, 0.6) is 0 Å². The zero-order valence-electron chi connectivity index (χ0n) is 10.6. The number of rotatable bonds is 5. The number of amides is 1. The minimum Gasteiger partial charge on any atom is -0.355 e. The molecule has 1 aromatic rings. The van der Waals surface area contributed by atoms with Crippen molar-refractivity contribution >= 4 is 11.6 Å². The lowest BCUT2D eigenvalue weighted by atomic mass is 10.1. The van der Waals surface area contributed by atoms with Gasteiger partial charge in [-0.25, -0.2) is 0 Å². The lowest BCUT2D eigenvalue weighted by Gasteiger charge is -2.09. The van der Waals surface area contributed by atoms with E-state index in [0.29, 0.717) is 18.5 Å². The molecule has 0 aromatic heterocycles. The Labute approximate surface area is 111 Å². The Hall–Kier alpha value is -1.95. The number of nitro benzene ring substituents is 1. The first-order valence-electron chi connectivity index (χ1n) is 6.39. The van der Waals surface area contributed by atoms with E-state index in [2.05, 4.69) is 10.6 Å². The Morgan fingerprint density at radius 3 is 2.95 bits per heavy atom. The maximum atomic E-state index is 11.8. The van der Waals surface area contributed by atoms with Crippen LogP contribution in [0.3, 0.4) is 0 Å². The lowest BCUT2D eigenvalue weighted by molar-refractivity contribution is -0.385. The average Bonchev–Trinajstić information content (AvgIpc) is 2.93. The zero-order chi connectivity index (χ0) is 13.7. The summed E-state index contributed by atoms with van der Waals surface area (Å²) in [4.78, 5) is 22.2. The van der Waals surface area contributed by atoms with Gasteiger partial charge in [-0.3, -0.25) is 14.9 Å². The smallest absolute Gasteiger partial charge is 0.272 e. The molecular formula is C13H17N3O3. The number of carbonyl (C=O) groups excluding carboxylic acids is 1. The van der Waals surface area contributed by atoms with Gasteiger partial charge in [0.15, 0.2) is 0 Å². The van der Waals surface area contributed by atoms with E-state index in [4.69, 9.17) is 0 Å². The van der Waals surface area contributed by atoms with Crippen LogP contribution >= 0.6 is 0 Å². The quantitative estimate of drug-likeness (QED) is 0.609. The third-order valence-electron chi connectivity index (χ3n) is 3.31. The number of carbonyl (C=O) groups is 1. The summed E-state index contributed by atoms with van der Waals surface area (Å²) in [5.41, 5.74) is 0.761. The van der Waals surface area contributed by atoms with Crippen LogP contribution in [-0.4, -0.2) is 30.5 Å². The molecule has 19 heavy (non-hydrogen) atoms. The standard InChI is InChI=1S/C13H17N3O3/c17-13(11-5-7-14-9-11)15-8-6-10-3-1-2-4-12(10)16(18)19/h1-4,11,14H,5-9H2,(H,15,17). The third-order valence-corrected chi connectivity index (χ3v) is 3.31. The Kier molecular flexibility index (Phi) is 4.46. The van der Waals surface area contributed by atoms with Crippen molar-refractivity contribution in [2.75, 3.05) is 19.6 Å². The molecule has 2 rings (SSSR count). The van der Waals surface area contributed by atoms with Crippen molar-refractivity contribution in [3.05, 3.63) is 39.9 Å². The van der Waals surface area contributed by atoms with Crippen LogP contribution in [0.2, 0.25) is 0 Å². The van der Waals surface area contributed by atoms with Gasteiger partial charge in [-0.05, 0) is 19.4 Å². The fourth-order valence-electron chi connectivity index (χ4n) is 2.24.